The molecule has 2 aromatic rings. The summed E-state index contributed by atoms with van der Waals surface area (Å²) < 4.78 is 0. The van der Waals surface area contributed by atoms with Gasteiger partial charge >= 0.3 is 0 Å². The number of rotatable bonds is 2. The first-order valence-corrected chi connectivity index (χ1v) is 9.10. The van der Waals surface area contributed by atoms with E-state index in [4.69, 9.17) is 0 Å². The van der Waals surface area contributed by atoms with Crippen LogP contribution in [0.5, 0.6) is 0 Å². The molecule has 2 unspecified atom stereocenters. The van der Waals surface area contributed by atoms with E-state index in [9.17, 15) is 4.79 Å². The number of allylic oxidation sites excluding steroid dienone is 2. The number of Topliss-reactive ketones (excluding diaryl/α,β-unsaturated/α-hetero) is 1. The molecule has 0 aromatic heterocycles. The average Bonchev–Trinajstić information content (AvgIpc) is 2.79. The Morgan fingerprint density at radius 3 is 2.46 bits per heavy atom. The van der Waals surface area contributed by atoms with Crippen LogP contribution in [0, 0.1) is 11.3 Å². The molecule has 0 N–H and O–H groups in total. The number of hydrogen-bond acceptors (Lipinski definition) is 1. The van der Waals surface area contributed by atoms with Gasteiger partial charge in [-0.1, -0.05) is 66.7 Å². The van der Waals surface area contributed by atoms with Gasteiger partial charge in [0.25, 0.3) is 0 Å². The van der Waals surface area contributed by atoms with Crippen molar-refractivity contribution in [1.29, 1.82) is 0 Å². The van der Waals surface area contributed by atoms with E-state index in [0.717, 1.165) is 24.8 Å². The maximum Gasteiger partial charge on any atom is 0.166 e. The van der Waals surface area contributed by atoms with Crippen LogP contribution < -0.4 is 0 Å². The van der Waals surface area contributed by atoms with Gasteiger partial charge in [0, 0.05) is 11.5 Å². The largest absolute Gasteiger partial charge is 0.294 e. The Morgan fingerprint density at radius 1 is 0.958 bits per heavy atom. The fraction of sp³-hybridized carbons (Fsp3) is 0.348. The van der Waals surface area contributed by atoms with Crippen LogP contribution >= 0.6 is 0 Å². The minimum Gasteiger partial charge on any atom is -0.294 e. The van der Waals surface area contributed by atoms with E-state index in [1.807, 2.05) is 30.3 Å². The topological polar surface area (TPSA) is 17.1 Å². The summed E-state index contributed by atoms with van der Waals surface area (Å²) in [7, 11) is 0. The molecule has 0 fully saturated rings. The van der Waals surface area contributed by atoms with E-state index in [1.165, 1.54) is 30.4 Å². The van der Waals surface area contributed by atoms with Gasteiger partial charge in [0.2, 0.25) is 0 Å². The average molecular weight is 316 g/mol. The predicted octanol–water partition coefficient (Wildman–Crippen LogP) is 5.40. The minimum absolute atomic E-state index is 0.0822. The third-order valence-electron chi connectivity index (χ3n) is 5.73. The molecule has 2 aliphatic carbocycles. The number of carbonyl (C=O) groups excluding carboxylic acids is 1. The van der Waals surface area contributed by atoms with Crippen molar-refractivity contribution >= 4 is 5.78 Å². The van der Waals surface area contributed by atoms with Gasteiger partial charge in [-0.3, -0.25) is 4.79 Å². The van der Waals surface area contributed by atoms with Gasteiger partial charge < -0.3 is 0 Å². The first-order valence-electron chi connectivity index (χ1n) is 9.10. The van der Waals surface area contributed by atoms with Crippen LogP contribution in [0.25, 0.3) is 0 Å². The maximum atomic E-state index is 13.2. The number of fused-ring (bicyclic) bond motifs is 1. The summed E-state index contributed by atoms with van der Waals surface area (Å²) in [5.41, 5.74) is 3.83. The van der Waals surface area contributed by atoms with Crippen molar-refractivity contribution in [2.75, 3.05) is 0 Å². The molecule has 0 saturated carbocycles. The summed E-state index contributed by atoms with van der Waals surface area (Å²) >= 11 is 0. The maximum absolute atomic E-state index is 13.2. The lowest BCUT2D eigenvalue weighted by atomic mass is 9.69. The van der Waals surface area contributed by atoms with Crippen molar-refractivity contribution in [3.63, 3.8) is 0 Å². The van der Waals surface area contributed by atoms with Crippen molar-refractivity contribution in [2.45, 2.75) is 38.5 Å². The van der Waals surface area contributed by atoms with Crippen molar-refractivity contribution in [1.82, 2.24) is 0 Å². The molecule has 0 heterocycles. The molecule has 0 saturated heterocycles. The Kier molecular flexibility index (Phi) is 4.10. The second-order valence-corrected chi connectivity index (χ2v) is 7.44. The Balaban J connectivity index is 1.73. The van der Waals surface area contributed by atoms with Gasteiger partial charge in [0.05, 0.1) is 0 Å². The van der Waals surface area contributed by atoms with Crippen LogP contribution in [0.4, 0.5) is 0 Å². The number of ketones is 1. The van der Waals surface area contributed by atoms with Crippen LogP contribution in [0.1, 0.15) is 47.2 Å². The molecule has 24 heavy (non-hydrogen) atoms. The Labute approximate surface area is 144 Å². The Morgan fingerprint density at radius 2 is 1.71 bits per heavy atom. The molecule has 0 bridgehead atoms. The molecule has 0 radical (unpaired) electrons. The van der Waals surface area contributed by atoms with Crippen LogP contribution in [0.2, 0.25) is 0 Å². The van der Waals surface area contributed by atoms with Crippen LogP contribution in [0.15, 0.2) is 66.7 Å². The summed E-state index contributed by atoms with van der Waals surface area (Å²) in [6.45, 7) is 0. The monoisotopic (exact) mass is 316 g/mol. The predicted molar refractivity (Wildman–Crippen MR) is 98.2 cm³/mol. The van der Waals surface area contributed by atoms with Gasteiger partial charge in [-0.25, -0.2) is 0 Å². The highest BCUT2D eigenvalue weighted by Crippen LogP contribution is 2.44. The lowest BCUT2D eigenvalue weighted by Crippen LogP contribution is -2.28. The van der Waals surface area contributed by atoms with E-state index in [-0.39, 0.29) is 11.3 Å². The fourth-order valence-electron chi connectivity index (χ4n) is 4.54. The van der Waals surface area contributed by atoms with Crippen molar-refractivity contribution in [3.8, 4) is 0 Å². The van der Waals surface area contributed by atoms with Crippen molar-refractivity contribution in [3.05, 3.63) is 83.4 Å². The normalized spacial score (nSPS) is 25.9. The zero-order chi connectivity index (χ0) is 16.4. The highest BCUT2D eigenvalue weighted by Gasteiger charge is 2.37. The fourth-order valence-corrected chi connectivity index (χ4v) is 4.54. The zero-order valence-electron chi connectivity index (χ0n) is 14.1. The highest BCUT2D eigenvalue weighted by atomic mass is 16.1. The molecule has 1 heteroatoms. The molecule has 2 aromatic carbocycles. The molecular formula is C23H24O. The quantitative estimate of drug-likeness (QED) is 0.535. The summed E-state index contributed by atoms with van der Waals surface area (Å²) in [5, 5.41) is 0. The molecule has 4 rings (SSSR count). The zero-order valence-corrected chi connectivity index (χ0v) is 14.1. The van der Waals surface area contributed by atoms with Gasteiger partial charge in [-0.05, 0) is 55.1 Å². The van der Waals surface area contributed by atoms with E-state index in [1.54, 1.807) is 0 Å². The van der Waals surface area contributed by atoms with Crippen LogP contribution in [-0.2, 0) is 12.8 Å². The standard InChI is InChI=1S/C23H24O/c24-22(18-9-3-1-4-10-18)21-15-19-11-5-6-12-20(19)16-23(17-21)13-7-2-8-14-23/h1,3-7,9-13,21H,2,8,14-17H2. The second kappa shape index (κ2) is 6.39. The number of hydrogen-bond donors (Lipinski definition) is 0. The summed E-state index contributed by atoms with van der Waals surface area (Å²) in [4.78, 5) is 13.2. The van der Waals surface area contributed by atoms with E-state index >= 15 is 0 Å². The smallest absolute Gasteiger partial charge is 0.166 e. The van der Waals surface area contributed by atoms with E-state index in [2.05, 4.69) is 36.4 Å². The van der Waals surface area contributed by atoms with Gasteiger partial charge in [-0.2, -0.15) is 0 Å². The molecule has 0 aliphatic heterocycles. The van der Waals surface area contributed by atoms with Crippen LogP contribution in [0.3, 0.4) is 0 Å². The number of benzene rings is 2. The van der Waals surface area contributed by atoms with E-state index in [0.29, 0.717) is 5.78 Å². The molecule has 1 spiro atoms. The van der Waals surface area contributed by atoms with Gasteiger partial charge in [0.15, 0.2) is 5.78 Å². The Hall–Kier alpha value is -2.15. The SMILES string of the molecule is O=C(c1ccccc1)C1Cc2ccccc2CC2(C=CCCC2)C1. The molecule has 0 amide bonds. The summed E-state index contributed by atoms with van der Waals surface area (Å²) in [5.74, 6) is 0.393. The third-order valence-corrected chi connectivity index (χ3v) is 5.73. The van der Waals surface area contributed by atoms with Gasteiger partial charge in [-0.15, -0.1) is 0 Å². The highest BCUT2D eigenvalue weighted by molar-refractivity contribution is 5.98. The Bertz CT molecular complexity index is 759. The molecule has 1 nitrogen and oxygen atoms in total. The van der Waals surface area contributed by atoms with E-state index < -0.39 is 0 Å². The molecule has 122 valence electrons. The third kappa shape index (κ3) is 2.96. The number of carbonyl (C=O) groups is 1. The minimum atomic E-state index is 0.0822. The van der Waals surface area contributed by atoms with Crippen LogP contribution in [-0.4, -0.2) is 5.78 Å². The summed E-state index contributed by atoms with van der Waals surface area (Å²) in [6.07, 6.45) is 11.3. The summed E-state index contributed by atoms with van der Waals surface area (Å²) in [6, 6.07) is 18.6. The van der Waals surface area contributed by atoms with Crippen molar-refractivity contribution in [2.24, 2.45) is 11.3 Å². The molecule has 2 atom stereocenters. The molecule has 2 aliphatic rings. The lowest BCUT2D eigenvalue weighted by Gasteiger charge is -2.34. The molecular weight excluding hydrogens is 292 g/mol. The second-order valence-electron chi connectivity index (χ2n) is 7.44. The first kappa shape index (κ1) is 15.4. The lowest BCUT2D eigenvalue weighted by molar-refractivity contribution is 0.0880. The first-order chi connectivity index (χ1) is 11.8. The van der Waals surface area contributed by atoms with Gasteiger partial charge in [0.1, 0.15) is 0 Å². The van der Waals surface area contributed by atoms with Crippen molar-refractivity contribution < 1.29 is 4.79 Å².